The highest BCUT2D eigenvalue weighted by Gasteiger charge is 2.26. The molecule has 0 saturated carbocycles. The molecule has 0 spiro atoms. The molecule has 3 rings (SSSR count). The first-order chi connectivity index (χ1) is 10.1. The third-order valence-electron chi connectivity index (χ3n) is 3.82. The minimum Gasteiger partial charge on any atom is -0.337 e. The lowest BCUT2D eigenvalue weighted by atomic mass is 10.1. The molecule has 1 unspecified atom stereocenters. The van der Waals surface area contributed by atoms with E-state index in [0.29, 0.717) is 12.1 Å². The SMILES string of the molecule is Cn1ccnc1C1CNCCN1Cc1cc(F)cc(F)c1. The van der Waals surface area contributed by atoms with Crippen LogP contribution in [0.1, 0.15) is 17.4 Å². The van der Waals surface area contributed by atoms with Crippen molar-refractivity contribution in [1.82, 2.24) is 19.8 Å². The summed E-state index contributed by atoms with van der Waals surface area (Å²) in [5.41, 5.74) is 0.647. The van der Waals surface area contributed by atoms with Crippen molar-refractivity contribution in [2.24, 2.45) is 7.05 Å². The van der Waals surface area contributed by atoms with Gasteiger partial charge in [0.1, 0.15) is 17.5 Å². The van der Waals surface area contributed by atoms with Gasteiger partial charge in [-0.05, 0) is 17.7 Å². The first kappa shape index (κ1) is 14.2. The molecular formula is C15H18F2N4. The van der Waals surface area contributed by atoms with Crippen LogP contribution in [0.15, 0.2) is 30.6 Å². The molecule has 2 heterocycles. The summed E-state index contributed by atoms with van der Waals surface area (Å²) in [6.07, 6.45) is 3.67. The van der Waals surface area contributed by atoms with Crippen molar-refractivity contribution in [2.45, 2.75) is 12.6 Å². The van der Waals surface area contributed by atoms with E-state index in [1.165, 1.54) is 12.1 Å². The van der Waals surface area contributed by atoms with Crippen LogP contribution in [0.5, 0.6) is 0 Å². The Bertz CT molecular complexity index is 606. The van der Waals surface area contributed by atoms with E-state index >= 15 is 0 Å². The zero-order valence-corrected chi connectivity index (χ0v) is 11.9. The van der Waals surface area contributed by atoms with Gasteiger partial charge in [0.05, 0.1) is 6.04 Å². The lowest BCUT2D eigenvalue weighted by Crippen LogP contribution is -2.46. The van der Waals surface area contributed by atoms with Crippen molar-refractivity contribution in [1.29, 1.82) is 0 Å². The first-order valence-electron chi connectivity index (χ1n) is 7.00. The van der Waals surface area contributed by atoms with Gasteiger partial charge in [-0.3, -0.25) is 4.90 Å². The average Bonchev–Trinajstić information content (AvgIpc) is 2.84. The molecule has 1 aliphatic heterocycles. The predicted molar refractivity (Wildman–Crippen MR) is 75.6 cm³/mol. The highest BCUT2D eigenvalue weighted by atomic mass is 19.1. The molecule has 21 heavy (non-hydrogen) atoms. The van der Waals surface area contributed by atoms with E-state index in [9.17, 15) is 8.78 Å². The molecule has 0 aliphatic carbocycles. The molecule has 1 aromatic carbocycles. The minimum atomic E-state index is -0.534. The van der Waals surface area contributed by atoms with E-state index in [-0.39, 0.29) is 6.04 Å². The highest BCUT2D eigenvalue weighted by molar-refractivity contribution is 5.18. The van der Waals surface area contributed by atoms with Gasteiger partial charge in [-0.25, -0.2) is 13.8 Å². The van der Waals surface area contributed by atoms with Crippen molar-refractivity contribution in [3.05, 3.63) is 53.6 Å². The number of aromatic nitrogens is 2. The van der Waals surface area contributed by atoms with Crippen LogP contribution < -0.4 is 5.32 Å². The molecule has 1 atom stereocenters. The summed E-state index contributed by atoms with van der Waals surface area (Å²) in [7, 11) is 1.96. The number of halogens is 2. The number of benzene rings is 1. The van der Waals surface area contributed by atoms with Gasteiger partial charge in [0.15, 0.2) is 0 Å². The Balaban J connectivity index is 1.83. The third-order valence-corrected chi connectivity index (χ3v) is 3.82. The number of nitrogens with zero attached hydrogens (tertiary/aromatic N) is 3. The summed E-state index contributed by atoms with van der Waals surface area (Å²) < 4.78 is 28.6. The Hall–Kier alpha value is -1.79. The summed E-state index contributed by atoms with van der Waals surface area (Å²) in [6.45, 7) is 2.96. The molecule has 0 radical (unpaired) electrons. The van der Waals surface area contributed by atoms with Crippen LogP contribution in [0.4, 0.5) is 8.78 Å². The van der Waals surface area contributed by atoms with E-state index < -0.39 is 11.6 Å². The summed E-state index contributed by atoms with van der Waals surface area (Å²) in [4.78, 5) is 6.60. The smallest absolute Gasteiger partial charge is 0.127 e. The second-order valence-electron chi connectivity index (χ2n) is 5.36. The van der Waals surface area contributed by atoms with Crippen molar-refractivity contribution >= 4 is 0 Å². The van der Waals surface area contributed by atoms with E-state index in [1.807, 2.05) is 17.8 Å². The van der Waals surface area contributed by atoms with Gasteiger partial charge < -0.3 is 9.88 Å². The normalized spacial score (nSPS) is 19.9. The fourth-order valence-corrected chi connectivity index (χ4v) is 2.83. The van der Waals surface area contributed by atoms with Crippen molar-refractivity contribution in [3.8, 4) is 0 Å². The molecule has 4 nitrogen and oxygen atoms in total. The molecule has 1 N–H and O–H groups in total. The van der Waals surface area contributed by atoms with Gasteiger partial charge in [0.2, 0.25) is 0 Å². The fraction of sp³-hybridized carbons (Fsp3) is 0.400. The summed E-state index contributed by atoms with van der Waals surface area (Å²) in [6, 6.07) is 3.78. The lowest BCUT2D eigenvalue weighted by Gasteiger charge is -2.35. The molecule has 2 aromatic rings. The van der Waals surface area contributed by atoms with Crippen LogP contribution in [0.3, 0.4) is 0 Å². The van der Waals surface area contributed by atoms with Crippen molar-refractivity contribution in [3.63, 3.8) is 0 Å². The van der Waals surface area contributed by atoms with Crippen LogP contribution in [0.2, 0.25) is 0 Å². The third kappa shape index (κ3) is 3.11. The minimum absolute atomic E-state index is 0.102. The maximum atomic E-state index is 13.3. The fourth-order valence-electron chi connectivity index (χ4n) is 2.83. The van der Waals surface area contributed by atoms with Gasteiger partial charge in [-0.2, -0.15) is 0 Å². The number of hydrogen-bond donors (Lipinski definition) is 1. The summed E-state index contributed by atoms with van der Waals surface area (Å²) in [5, 5.41) is 3.35. The molecule has 112 valence electrons. The maximum Gasteiger partial charge on any atom is 0.127 e. The Labute approximate surface area is 122 Å². The van der Waals surface area contributed by atoms with Gasteiger partial charge >= 0.3 is 0 Å². The van der Waals surface area contributed by atoms with Gasteiger partial charge in [0, 0.05) is 51.7 Å². The molecule has 6 heteroatoms. The molecule has 1 aromatic heterocycles. The van der Waals surface area contributed by atoms with E-state index in [0.717, 1.165) is 31.5 Å². The number of nitrogens with one attached hydrogen (secondary N) is 1. The molecule has 0 bridgehead atoms. The van der Waals surface area contributed by atoms with Crippen molar-refractivity contribution in [2.75, 3.05) is 19.6 Å². The van der Waals surface area contributed by atoms with Crippen LogP contribution in [-0.2, 0) is 13.6 Å². The second-order valence-corrected chi connectivity index (χ2v) is 5.36. The largest absolute Gasteiger partial charge is 0.337 e. The number of hydrogen-bond acceptors (Lipinski definition) is 3. The van der Waals surface area contributed by atoms with Crippen LogP contribution in [0.25, 0.3) is 0 Å². The predicted octanol–water partition coefficient (Wildman–Crippen LogP) is 1.84. The lowest BCUT2D eigenvalue weighted by molar-refractivity contribution is 0.144. The number of piperazine rings is 1. The number of rotatable bonds is 3. The van der Waals surface area contributed by atoms with Crippen LogP contribution >= 0.6 is 0 Å². The van der Waals surface area contributed by atoms with Crippen LogP contribution in [-0.4, -0.2) is 34.1 Å². The number of aryl methyl sites for hydroxylation is 1. The standard InChI is InChI=1S/C15H18F2N4/c1-20-4-3-19-15(20)14-9-18-2-5-21(14)10-11-6-12(16)8-13(17)7-11/h3-4,6-8,14,18H,2,5,9-10H2,1H3. The quantitative estimate of drug-likeness (QED) is 0.937. The Kier molecular flexibility index (Phi) is 3.98. The summed E-state index contributed by atoms with van der Waals surface area (Å²) in [5.74, 6) is -0.110. The Morgan fingerprint density at radius 1 is 1.29 bits per heavy atom. The van der Waals surface area contributed by atoms with E-state index in [1.54, 1.807) is 6.20 Å². The molecule has 1 saturated heterocycles. The first-order valence-corrected chi connectivity index (χ1v) is 7.00. The number of imidazole rings is 1. The monoisotopic (exact) mass is 292 g/mol. The zero-order valence-electron chi connectivity index (χ0n) is 11.9. The van der Waals surface area contributed by atoms with E-state index in [4.69, 9.17) is 0 Å². The topological polar surface area (TPSA) is 33.1 Å². The van der Waals surface area contributed by atoms with Gasteiger partial charge in [-0.15, -0.1) is 0 Å². The van der Waals surface area contributed by atoms with Crippen molar-refractivity contribution < 1.29 is 8.78 Å². The highest BCUT2D eigenvalue weighted by Crippen LogP contribution is 2.23. The molecular weight excluding hydrogens is 274 g/mol. The van der Waals surface area contributed by atoms with Gasteiger partial charge in [-0.1, -0.05) is 0 Å². The maximum absolute atomic E-state index is 13.3. The summed E-state index contributed by atoms with van der Waals surface area (Å²) >= 11 is 0. The van der Waals surface area contributed by atoms with Crippen LogP contribution in [0, 0.1) is 11.6 Å². The van der Waals surface area contributed by atoms with E-state index in [2.05, 4.69) is 15.2 Å². The molecule has 1 aliphatic rings. The Morgan fingerprint density at radius 2 is 2.05 bits per heavy atom. The Morgan fingerprint density at radius 3 is 2.71 bits per heavy atom. The average molecular weight is 292 g/mol. The zero-order chi connectivity index (χ0) is 14.8. The van der Waals surface area contributed by atoms with Gasteiger partial charge in [0.25, 0.3) is 0 Å². The molecule has 1 fully saturated rings. The molecule has 0 amide bonds. The second kappa shape index (κ2) is 5.91.